The molecule has 4 rings (SSSR count). The minimum atomic E-state index is -0.869. The summed E-state index contributed by atoms with van der Waals surface area (Å²) in [5, 5.41) is 16.0. The van der Waals surface area contributed by atoms with E-state index in [1.165, 1.54) is 17.3 Å². The van der Waals surface area contributed by atoms with Crippen molar-refractivity contribution < 1.29 is 18.7 Å². The number of carbonyl (C=O) groups excluding carboxylic acids is 2. The quantitative estimate of drug-likeness (QED) is 0.220. The van der Waals surface area contributed by atoms with Crippen LogP contribution in [0, 0.1) is 25.2 Å². The van der Waals surface area contributed by atoms with Crippen LogP contribution >= 0.6 is 11.6 Å². The van der Waals surface area contributed by atoms with Gasteiger partial charge in [0.2, 0.25) is 0 Å². The van der Waals surface area contributed by atoms with E-state index in [4.69, 9.17) is 20.8 Å². The van der Waals surface area contributed by atoms with Crippen LogP contribution in [-0.4, -0.2) is 33.8 Å². The number of ether oxygens (including phenoxy) is 1. The summed E-state index contributed by atoms with van der Waals surface area (Å²) in [5.74, 6) is -0.837. The van der Waals surface area contributed by atoms with E-state index < -0.39 is 24.5 Å². The highest BCUT2D eigenvalue weighted by Gasteiger charge is 2.35. The Morgan fingerprint density at radius 1 is 1.27 bits per heavy atom. The van der Waals surface area contributed by atoms with Crippen molar-refractivity contribution in [2.45, 2.75) is 46.2 Å². The van der Waals surface area contributed by atoms with E-state index in [0.717, 1.165) is 35.5 Å². The molecule has 37 heavy (non-hydrogen) atoms. The van der Waals surface area contributed by atoms with Gasteiger partial charge in [0.1, 0.15) is 23.4 Å². The molecule has 0 unspecified atom stereocenters. The maximum atomic E-state index is 13.1. The van der Waals surface area contributed by atoms with Gasteiger partial charge in [-0.1, -0.05) is 30.7 Å². The number of amides is 1. The summed E-state index contributed by atoms with van der Waals surface area (Å²) in [6, 6.07) is 14.0. The second kappa shape index (κ2) is 11.3. The Labute approximate surface area is 220 Å². The van der Waals surface area contributed by atoms with Crippen molar-refractivity contribution >= 4 is 35.3 Å². The van der Waals surface area contributed by atoms with Gasteiger partial charge in [-0.3, -0.25) is 4.79 Å². The van der Waals surface area contributed by atoms with Gasteiger partial charge in [-0.15, -0.1) is 0 Å². The van der Waals surface area contributed by atoms with Crippen molar-refractivity contribution in [2.75, 3.05) is 6.61 Å². The summed E-state index contributed by atoms with van der Waals surface area (Å²) in [4.78, 5) is 25.8. The van der Waals surface area contributed by atoms with E-state index in [1.807, 2.05) is 38.1 Å². The van der Waals surface area contributed by atoms with E-state index in [0.29, 0.717) is 22.9 Å². The Bertz CT molecular complexity index is 1400. The lowest BCUT2D eigenvalue weighted by molar-refractivity contribution is -0.149. The molecule has 1 aliphatic rings. The molecule has 0 N–H and O–H groups in total. The third-order valence-electron chi connectivity index (χ3n) is 6.24. The van der Waals surface area contributed by atoms with Gasteiger partial charge in [-0.25, -0.2) is 9.80 Å². The van der Waals surface area contributed by atoms with Crippen molar-refractivity contribution in [3.63, 3.8) is 0 Å². The van der Waals surface area contributed by atoms with E-state index in [9.17, 15) is 14.9 Å². The van der Waals surface area contributed by atoms with Crippen molar-refractivity contribution in [2.24, 2.45) is 5.10 Å². The van der Waals surface area contributed by atoms with Gasteiger partial charge in [-0.05, 0) is 67.8 Å². The number of hydrogen-bond donors (Lipinski definition) is 0. The monoisotopic (exact) mass is 518 g/mol. The number of rotatable bonds is 8. The SMILES string of the molecule is CCCn1c(C)cc(/C=C(\C#N)C(=O)OCC(=O)N2N=C(c3ccc(Cl)cc3)C[C@H]2c2ccco2)c1C. The van der Waals surface area contributed by atoms with Crippen molar-refractivity contribution in [1.82, 2.24) is 9.58 Å². The average Bonchev–Trinajstić information content (AvgIpc) is 3.63. The van der Waals surface area contributed by atoms with Gasteiger partial charge in [0.05, 0.1) is 12.0 Å². The van der Waals surface area contributed by atoms with Crippen LogP contribution in [0.3, 0.4) is 0 Å². The number of furan rings is 1. The summed E-state index contributed by atoms with van der Waals surface area (Å²) in [6.07, 6.45) is 4.41. The zero-order valence-electron chi connectivity index (χ0n) is 20.9. The Morgan fingerprint density at radius 3 is 2.68 bits per heavy atom. The predicted octanol–water partition coefficient (Wildman–Crippen LogP) is 5.59. The fourth-order valence-corrected chi connectivity index (χ4v) is 4.49. The molecule has 3 aromatic rings. The van der Waals surface area contributed by atoms with Crippen LogP contribution in [0.1, 0.15) is 54.1 Å². The summed E-state index contributed by atoms with van der Waals surface area (Å²) < 4.78 is 12.9. The number of nitrogens with zero attached hydrogens (tertiary/aromatic N) is 4. The molecule has 0 spiro atoms. The van der Waals surface area contributed by atoms with Crippen LogP contribution in [-0.2, 0) is 20.9 Å². The number of carbonyl (C=O) groups is 2. The van der Waals surface area contributed by atoms with Gasteiger partial charge >= 0.3 is 5.97 Å². The first kappa shape index (κ1) is 26.0. The van der Waals surface area contributed by atoms with Crippen LogP contribution in [0.2, 0.25) is 5.02 Å². The Balaban J connectivity index is 1.50. The topological polar surface area (TPSA) is 101 Å². The summed E-state index contributed by atoms with van der Waals surface area (Å²) >= 11 is 6.00. The lowest BCUT2D eigenvalue weighted by Crippen LogP contribution is -2.31. The smallest absolute Gasteiger partial charge is 0.349 e. The number of halogens is 1. The van der Waals surface area contributed by atoms with E-state index in [-0.39, 0.29) is 5.57 Å². The second-order valence-electron chi connectivity index (χ2n) is 8.75. The Hall–Kier alpha value is -4.09. The molecule has 0 saturated heterocycles. The van der Waals surface area contributed by atoms with Gasteiger partial charge in [0.25, 0.3) is 5.91 Å². The largest absolute Gasteiger partial charge is 0.467 e. The van der Waals surface area contributed by atoms with Crippen LogP contribution in [0.5, 0.6) is 0 Å². The number of aryl methyl sites for hydroxylation is 1. The molecule has 1 aliphatic heterocycles. The van der Waals surface area contributed by atoms with E-state index in [2.05, 4.69) is 16.6 Å². The third-order valence-corrected chi connectivity index (χ3v) is 6.49. The lowest BCUT2D eigenvalue weighted by Gasteiger charge is -2.19. The fraction of sp³-hybridized carbons (Fsp3) is 0.286. The number of hydrogen-bond acceptors (Lipinski definition) is 6. The molecule has 3 heterocycles. The van der Waals surface area contributed by atoms with Crippen LogP contribution in [0.25, 0.3) is 6.08 Å². The first-order valence-corrected chi connectivity index (χ1v) is 12.3. The molecule has 0 radical (unpaired) electrons. The molecule has 0 bridgehead atoms. The molecule has 1 amide bonds. The predicted molar refractivity (Wildman–Crippen MR) is 140 cm³/mol. The molecule has 0 saturated carbocycles. The minimum absolute atomic E-state index is 0.182. The molecule has 2 aromatic heterocycles. The molecule has 0 fully saturated rings. The summed E-state index contributed by atoms with van der Waals surface area (Å²) in [6.45, 7) is 6.28. The van der Waals surface area contributed by atoms with Crippen LogP contribution in [0.15, 0.2) is 63.8 Å². The zero-order valence-corrected chi connectivity index (χ0v) is 21.7. The molecular formula is C28H27ClN4O4. The molecule has 9 heteroatoms. The van der Waals surface area contributed by atoms with Crippen LogP contribution < -0.4 is 0 Å². The molecule has 1 atom stereocenters. The molecule has 0 aliphatic carbocycles. The van der Waals surface area contributed by atoms with Gasteiger partial charge < -0.3 is 13.7 Å². The lowest BCUT2D eigenvalue weighted by atomic mass is 10.0. The first-order chi connectivity index (χ1) is 17.8. The number of aromatic nitrogens is 1. The molecule has 1 aromatic carbocycles. The maximum absolute atomic E-state index is 13.1. The molecular weight excluding hydrogens is 492 g/mol. The Morgan fingerprint density at radius 2 is 2.03 bits per heavy atom. The fourth-order valence-electron chi connectivity index (χ4n) is 4.36. The van der Waals surface area contributed by atoms with Crippen molar-refractivity contribution in [3.05, 3.63) is 87.6 Å². The second-order valence-corrected chi connectivity index (χ2v) is 9.19. The van der Waals surface area contributed by atoms with Crippen molar-refractivity contribution in [3.8, 4) is 6.07 Å². The number of benzene rings is 1. The van der Waals surface area contributed by atoms with Gasteiger partial charge in [0, 0.05) is 29.4 Å². The summed E-state index contributed by atoms with van der Waals surface area (Å²) in [5.41, 5.74) is 4.08. The number of hydrazone groups is 1. The first-order valence-electron chi connectivity index (χ1n) is 12.0. The highest BCUT2D eigenvalue weighted by molar-refractivity contribution is 6.30. The standard InChI is InChI=1S/C28H27ClN4O4/c1-4-11-32-18(2)13-21(19(32)3)14-22(16-30)28(35)37-17-27(34)33-25(26-6-5-12-36-26)15-24(31-33)20-7-9-23(29)10-8-20/h5-10,12-14,25H,4,11,15,17H2,1-3H3/b22-14+/t25-/m0/s1. The normalized spacial score (nSPS) is 15.4. The summed E-state index contributed by atoms with van der Waals surface area (Å²) in [7, 11) is 0. The third kappa shape index (κ3) is 5.68. The van der Waals surface area contributed by atoms with Crippen LogP contribution in [0.4, 0.5) is 0 Å². The zero-order chi connectivity index (χ0) is 26.5. The highest BCUT2D eigenvalue weighted by atomic mass is 35.5. The number of esters is 1. The van der Waals surface area contributed by atoms with E-state index >= 15 is 0 Å². The van der Waals surface area contributed by atoms with Gasteiger partial charge in [-0.2, -0.15) is 10.4 Å². The molecule has 190 valence electrons. The maximum Gasteiger partial charge on any atom is 0.349 e. The number of nitriles is 1. The highest BCUT2D eigenvalue weighted by Crippen LogP contribution is 2.33. The van der Waals surface area contributed by atoms with Crippen molar-refractivity contribution in [1.29, 1.82) is 5.26 Å². The van der Waals surface area contributed by atoms with Gasteiger partial charge in [0.15, 0.2) is 6.61 Å². The Kier molecular flexibility index (Phi) is 7.95. The average molecular weight is 519 g/mol. The molecule has 8 nitrogen and oxygen atoms in total. The minimum Gasteiger partial charge on any atom is -0.467 e. The van der Waals surface area contributed by atoms with E-state index in [1.54, 1.807) is 24.3 Å².